The second kappa shape index (κ2) is 11.9. The number of hydrogen-bond acceptors (Lipinski definition) is 5. The van der Waals surface area contributed by atoms with Crippen molar-refractivity contribution in [1.29, 1.82) is 0 Å². The number of nitrogens with one attached hydrogen (secondary N) is 5. The minimum Gasteiger partial charge on any atom is -0.350 e. The molecule has 0 spiro atoms. The van der Waals surface area contributed by atoms with E-state index in [-0.39, 0.29) is 29.2 Å². The Hall–Kier alpha value is -4.45. The zero-order valence-electron chi connectivity index (χ0n) is 21.1. The van der Waals surface area contributed by atoms with Crippen LogP contribution < -0.4 is 26.0 Å². The highest BCUT2D eigenvalue weighted by atomic mass is 32.2. The molecule has 0 fully saturated rings. The standard InChI is InChI=1S/C27H28FN5O5S/c1-17-5-2-8-20(15-17)39(37,38)33-26(35)30-14-13-29-25(34)19-11-12-24(22(28)16-19)32-27(36)31-23-10-4-7-18-6-3-9-21(18)23/h2,4-5,7-8,10-12,15-16H,3,6,9,13-14H2,1H3,(H,29,34)(H2,30,33,35)(H2,31,32,36). The van der Waals surface area contributed by atoms with Crippen LogP contribution in [0.3, 0.4) is 0 Å². The summed E-state index contributed by atoms with van der Waals surface area (Å²) in [4.78, 5) is 36.7. The van der Waals surface area contributed by atoms with Gasteiger partial charge in [0.1, 0.15) is 5.82 Å². The van der Waals surface area contributed by atoms with E-state index in [9.17, 15) is 27.2 Å². The van der Waals surface area contributed by atoms with Gasteiger partial charge in [-0.05, 0) is 79.3 Å². The largest absolute Gasteiger partial charge is 0.350 e. The molecule has 204 valence electrons. The number of urea groups is 2. The minimum atomic E-state index is -4.04. The van der Waals surface area contributed by atoms with Gasteiger partial charge in [-0.1, -0.05) is 24.3 Å². The molecule has 3 aromatic rings. The Morgan fingerprint density at radius 1 is 0.846 bits per heavy atom. The molecular formula is C27H28FN5O5S. The SMILES string of the molecule is Cc1cccc(S(=O)(=O)NC(=O)NCCNC(=O)c2ccc(NC(=O)Nc3cccc4c3CCC4)c(F)c2)c1. The molecule has 39 heavy (non-hydrogen) atoms. The number of hydrogen-bond donors (Lipinski definition) is 5. The van der Waals surface area contributed by atoms with Gasteiger partial charge in [0.05, 0.1) is 10.6 Å². The third kappa shape index (κ3) is 7.11. The third-order valence-corrected chi connectivity index (χ3v) is 7.43. The maximum absolute atomic E-state index is 14.6. The molecule has 0 saturated carbocycles. The number of aryl methyl sites for hydroxylation is 2. The molecule has 0 radical (unpaired) electrons. The number of rotatable bonds is 8. The minimum absolute atomic E-state index is 0.00538. The van der Waals surface area contributed by atoms with Crippen molar-refractivity contribution in [3.05, 3.63) is 88.7 Å². The van der Waals surface area contributed by atoms with Gasteiger partial charge in [-0.15, -0.1) is 0 Å². The van der Waals surface area contributed by atoms with Crippen LogP contribution >= 0.6 is 0 Å². The van der Waals surface area contributed by atoms with Gasteiger partial charge in [0, 0.05) is 24.3 Å². The van der Waals surface area contributed by atoms with E-state index in [1.165, 1.54) is 29.8 Å². The predicted molar refractivity (Wildman–Crippen MR) is 145 cm³/mol. The van der Waals surface area contributed by atoms with Crippen molar-refractivity contribution in [1.82, 2.24) is 15.4 Å². The number of carbonyl (C=O) groups is 3. The van der Waals surface area contributed by atoms with Crippen molar-refractivity contribution >= 4 is 39.4 Å². The zero-order chi connectivity index (χ0) is 28.0. The van der Waals surface area contributed by atoms with Crippen LogP contribution in [-0.4, -0.2) is 39.5 Å². The Labute approximate surface area is 225 Å². The number of sulfonamides is 1. The van der Waals surface area contributed by atoms with E-state index in [0.717, 1.165) is 36.5 Å². The van der Waals surface area contributed by atoms with Gasteiger partial charge < -0.3 is 21.3 Å². The van der Waals surface area contributed by atoms with Gasteiger partial charge in [-0.2, -0.15) is 0 Å². The van der Waals surface area contributed by atoms with Crippen molar-refractivity contribution < 1.29 is 27.2 Å². The normalized spacial score (nSPS) is 12.3. The van der Waals surface area contributed by atoms with Crippen molar-refractivity contribution in [2.45, 2.75) is 31.1 Å². The number of anilines is 2. The number of halogens is 1. The van der Waals surface area contributed by atoms with Gasteiger partial charge in [0.15, 0.2) is 0 Å². The van der Waals surface area contributed by atoms with E-state index >= 15 is 0 Å². The van der Waals surface area contributed by atoms with Crippen molar-refractivity contribution in [2.75, 3.05) is 23.7 Å². The van der Waals surface area contributed by atoms with Crippen LogP contribution in [0.2, 0.25) is 0 Å². The zero-order valence-corrected chi connectivity index (χ0v) is 22.0. The van der Waals surface area contributed by atoms with E-state index in [2.05, 4.69) is 21.3 Å². The highest BCUT2D eigenvalue weighted by Gasteiger charge is 2.18. The van der Waals surface area contributed by atoms with Gasteiger partial charge in [-0.25, -0.2) is 27.1 Å². The first-order valence-corrected chi connectivity index (χ1v) is 13.7. The lowest BCUT2D eigenvalue weighted by atomic mass is 10.1. The first-order chi connectivity index (χ1) is 18.6. The Balaban J connectivity index is 1.23. The summed E-state index contributed by atoms with van der Waals surface area (Å²) >= 11 is 0. The Morgan fingerprint density at radius 2 is 1.59 bits per heavy atom. The molecular weight excluding hydrogens is 525 g/mol. The average molecular weight is 554 g/mol. The van der Waals surface area contributed by atoms with Crippen molar-refractivity contribution in [2.24, 2.45) is 0 Å². The molecule has 0 aliphatic heterocycles. The lowest BCUT2D eigenvalue weighted by molar-refractivity contribution is 0.0953. The lowest BCUT2D eigenvalue weighted by Crippen LogP contribution is -2.42. The number of amides is 5. The highest BCUT2D eigenvalue weighted by molar-refractivity contribution is 7.90. The molecule has 12 heteroatoms. The van der Waals surface area contributed by atoms with E-state index in [0.29, 0.717) is 5.69 Å². The molecule has 10 nitrogen and oxygen atoms in total. The molecule has 0 unspecified atom stereocenters. The van der Waals surface area contributed by atoms with E-state index < -0.39 is 33.8 Å². The highest BCUT2D eigenvalue weighted by Crippen LogP contribution is 2.29. The first-order valence-electron chi connectivity index (χ1n) is 12.3. The van der Waals surface area contributed by atoms with Crippen LogP contribution in [0, 0.1) is 12.7 Å². The smallest absolute Gasteiger partial charge is 0.328 e. The van der Waals surface area contributed by atoms with Crippen LogP contribution in [0.1, 0.15) is 33.5 Å². The summed E-state index contributed by atoms with van der Waals surface area (Å²) in [7, 11) is -4.04. The maximum atomic E-state index is 14.6. The average Bonchev–Trinajstić information content (AvgIpc) is 3.37. The third-order valence-electron chi connectivity index (χ3n) is 6.10. The molecule has 5 amide bonds. The van der Waals surface area contributed by atoms with Gasteiger partial charge in [-0.3, -0.25) is 4.79 Å². The van der Waals surface area contributed by atoms with E-state index in [4.69, 9.17) is 0 Å². The first kappa shape index (κ1) is 27.6. The molecule has 4 rings (SSSR count). The van der Waals surface area contributed by atoms with E-state index in [1.54, 1.807) is 25.1 Å². The fraction of sp³-hybridized carbons (Fsp3) is 0.222. The van der Waals surface area contributed by atoms with Crippen LogP contribution in [-0.2, 0) is 22.9 Å². The fourth-order valence-corrected chi connectivity index (χ4v) is 5.26. The van der Waals surface area contributed by atoms with Crippen molar-refractivity contribution in [3.63, 3.8) is 0 Å². The molecule has 5 N–H and O–H groups in total. The Kier molecular flexibility index (Phi) is 8.45. The molecule has 0 saturated heterocycles. The summed E-state index contributed by atoms with van der Waals surface area (Å²) in [5.74, 6) is -1.41. The summed E-state index contributed by atoms with van der Waals surface area (Å²) in [6, 6.07) is 13.8. The molecule has 0 aromatic heterocycles. The lowest BCUT2D eigenvalue weighted by Gasteiger charge is -2.12. The predicted octanol–water partition coefficient (Wildman–Crippen LogP) is 3.68. The Bertz CT molecular complexity index is 1530. The van der Waals surface area contributed by atoms with Gasteiger partial charge in [0.2, 0.25) is 0 Å². The van der Waals surface area contributed by atoms with Gasteiger partial charge in [0.25, 0.3) is 15.9 Å². The van der Waals surface area contributed by atoms with Crippen LogP contribution in [0.15, 0.2) is 65.6 Å². The molecule has 0 heterocycles. The fourth-order valence-electron chi connectivity index (χ4n) is 4.22. The van der Waals surface area contributed by atoms with E-state index in [1.807, 2.05) is 16.9 Å². The molecule has 0 bridgehead atoms. The number of benzene rings is 3. The topological polar surface area (TPSA) is 146 Å². The van der Waals surface area contributed by atoms with Crippen LogP contribution in [0.25, 0.3) is 0 Å². The maximum Gasteiger partial charge on any atom is 0.328 e. The van der Waals surface area contributed by atoms with Crippen LogP contribution in [0.4, 0.5) is 25.4 Å². The van der Waals surface area contributed by atoms with Gasteiger partial charge >= 0.3 is 12.1 Å². The second-order valence-corrected chi connectivity index (χ2v) is 10.7. The summed E-state index contributed by atoms with van der Waals surface area (Å²) in [6.07, 6.45) is 2.85. The monoisotopic (exact) mass is 553 g/mol. The summed E-state index contributed by atoms with van der Waals surface area (Å²) in [5, 5.41) is 10.0. The second-order valence-electron chi connectivity index (χ2n) is 9.00. The number of fused-ring (bicyclic) bond motifs is 1. The number of carbonyl (C=O) groups excluding carboxylic acids is 3. The Morgan fingerprint density at radius 3 is 2.36 bits per heavy atom. The summed E-state index contributed by atoms with van der Waals surface area (Å²) < 4.78 is 41.0. The molecule has 1 aliphatic rings. The summed E-state index contributed by atoms with van der Waals surface area (Å²) in [6.45, 7) is 1.61. The molecule has 3 aromatic carbocycles. The van der Waals surface area contributed by atoms with Crippen LogP contribution in [0.5, 0.6) is 0 Å². The molecule has 0 atom stereocenters. The van der Waals surface area contributed by atoms with Crippen molar-refractivity contribution in [3.8, 4) is 0 Å². The summed E-state index contributed by atoms with van der Waals surface area (Å²) in [5.41, 5.74) is 3.60. The molecule has 1 aliphatic carbocycles. The quantitative estimate of drug-likeness (QED) is 0.270.